The van der Waals surface area contributed by atoms with Crippen molar-refractivity contribution in [3.63, 3.8) is 0 Å². The Kier molecular flexibility index (Phi) is 6.01. The molecule has 0 saturated carbocycles. The van der Waals surface area contributed by atoms with Crippen LogP contribution in [-0.4, -0.2) is 31.6 Å². The summed E-state index contributed by atoms with van der Waals surface area (Å²) in [6.45, 7) is 4.36. The Morgan fingerprint density at radius 2 is 1.84 bits per heavy atom. The lowest BCUT2D eigenvalue weighted by Gasteiger charge is -2.39. The van der Waals surface area contributed by atoms with Gasteiger partial charge in [0.05, 0.1) is 18.6 Å². The third-order valence-corrected chi connectivity index (χ3v) is 4.09. The second-order valence-corrected chi connectivity index (χ2v) is 5.68. The van der Waals surface area contributed by atoms with Crippen molar-refractivity contribution in [3.8, 4) is 0 Å². The molecule has 0 bridgehead atoms. The lowest BCUT2D eigenvalue weighted by molar-refractivity contribution is -0.146. The largest absolute Gasteiger partial charge is 0.466 e. The van der Waals surface area contributed by atoms with E-state index in [4.69, 9.17) is 4.74 Å². The Balaban J connectivity index is 3.11. The molecule has 1 aromatic rings. The predicted octanol–water partition coefficient (Wildman–Crippen LogP) is 3.57. The molecule has 0 N–H and O–H groups in total. The van der Waals surface area contributed by atoms with Crippen LogP contribution in [0.25, 0.3) is 0 Å². The Bertz CT molecular complexity index is 417. The average molecular weight is 328 g/mol. The van der Waals surface area contributed by atoms with Gasteiger partial charge in [0.2, 0.25) is 0 Å². The predicted molar refractivity (Wildman–Crippen MR) is 81.0 cm³/mol. The summed E-state index contributed by atoms with van der Waals surface area (Å²) in [5, 5.41) is 0. The molecule has 106 valence electrons. The minimum absolute atomic E-state index is 0.152. The summed E-state index contributed by atoms with van der Waals surface area (Å²) >= 11 is 3.44. The van der Waals surface area contributed by atoms with Crippen LogP contribution in [0.4, 0.5) is 0 Å². The van der Waals surface area contributed by atoms with Crippen molar-refractivity contribution in [1.82, 2.24) is 4.90 Å². The molecule has 0 aromatic heterocycles. The molecule has 1 rings (SSSR count). The molecule has 0 amide bonds. The van der Waals surface area contributed by atoms with Gasteiger partial charge >= 0.3 is 5.97 Å². The van der Waals surface area contributed by atoms with E-state index in [9.17, 15) is 4.79 Å². The maximum atomic E-state index is 11.9. The number of ether oxygens (including phenoxy) is 1. The van der Waals surface area contributed by atoms with Gasteiger partial charge in [0.1, 0.15) is 0 Å². The van der Waals surface area contributed by atoms with Crippen LogP contribution in [-0.2, 0) is 15.1 Å². The van der Waals surface area contributed by atoms with Gasteiger partial charge in [-0.05, 0) is 45.1 Å². The minimum Gasteiger partial charge on any atom is -0.466 e. The fourth-order valence-corrected chi connectivity index (χ4v) is 2.64. The zero-order valence-corrected chi connectivity index (χ0v) is 13.7. The molecule has 0 aliphatic carbocycles. The van der Waals surface area contributed by atoms with Crippen molar-refractivity contribution in [2.45, 2.75) is 32.2 Å². The molecule has 3 nitrogen and oxygen atoms in total. The van der Waals surface area contributed by atoms with Crippen molar-refractivity contribution in [1.29, 1.82) is 0 Å². The van der Waals surface area contributed by atoms with Crippen molar-refractivity contribution < 1.29 is 9.53 Å². The monoisotopic (exact) mass is 327 g/mol. The van der Waals surface area contributed by atoms with Crippen LogP contribution in [0.2, 0.25) is 0 Å². The van der Waals surface area contributed by atoms with Gasteiger partial charge in [-0.25, -0.2) is 0 Å². The van der Waals surface area contributed by atoms with E-state index >= 15 is 0 Å². The standard InChI is InChI=1S/C15H22BrNO2/c1-5-15(17(3)4,11-14(18)19-6-2)12-7-9-13(16)10-8-12/h7-10H,5-6,11H2,1-4H3. The van der Waals surface area contributed by atoms with Gasteiger partial charge in [-0.3, -0.25) is 9.69 Å². The zero-order valence-electron chi connectivity index (χ0n) is 12.1. The minimum atomic E-state index is -0.313. The Morgan fingerprint density at radius 1 is 1.26 bits per heavy atom. The van der Waals surface area contributed by atoms with Crippen molar-refractivity contribution in [2.75, 3.05) is 20.7 Å². The van der Waals surface area contributed by atoms with Gasteiger partial charge in [-0.2, -0.15) is 0 Å². The zero-order chi connectivity index (χ0) is 14.5. The molecular weight excluding hydrogens is 306 g/mol. The van der Waals surface area contributed by atoms with E-state index in [1.165, 1.54) is 0 Å². The number of halogens is 1. The lowest BCUT2D eigenvalue weighted by atomic mass is 9.83. The Morgan fingerprint density at radius 3 is 2.26 bits per heavy atom. The molecule has 0 spiro atoms. The molecule has 1 unspecified atom stereocenters. The Hall–Kier alpha value is -0.870. The summed E-state index contributed by atoms with van der Waals surface area (Å²) < 4.78 is 6.16. The van der Waals surface area contributed by atoms with E-state index in [1.54, 1.807) is 0 Å². The van der Waals surface area contributed by atoms with E-state index in [0.29, 0.717) is 13.0 Å². The first-order valence-electron chi connectivity index (χ1n) is 6.55. The number of carbonyl (C=O) groups excluding carboxylic acids is 1. The van der Waals surface area contributed by atoms with Crippen LogP contribution in [0.15, 0.2) is 28.7 Å². The van der Waals surface area contributed by atoms with Crippen molar-refractivity contribution in [2.24, 2.45) is 0 Å². The number of carbonyl (C=O) groups is 1. The van der Waals surface area contributed by atoms with Crippen LogP contribution in [0.5, 0.6) is 0 Å². The number of nitrogens with zero attached hydrogens (tertiary/aromatic N) is 1. The quantitative estimate of drug-likeness (QED) is 0.748. The van der Waals surface area contributed by atoms with E-state index < -0.39 is 0 Å². The van der Waals surface area contributed by atoms with Crippen LogP contribution < -0.4 is 0 Å². The summed E-state index contributed by atoms with van der Waals surface area (Å²) in [4.78, 5) is 14.0. The molecule has 0 aliphatic rings. The third-order valence-electron chi connectivity index (χ3n) is 3.56. The first-order valence-corrected chi connectivity index (χ1v) is 7.34. The van der Waals surface area contributed by atoms with E-state index in [2.05, 4.69) is 39.9 Å². The highest BCUT2D eigenvalue weighted by molar-refractivity contribution is 9.10. The molecule has 0 heterocycles. The van der Waals surface area contributed by atoms with E-state index in [-0.39, 0.29) is 11.5 Å². The maximum absolute atomic E-state index is 11.9. The SMILES string of the molecule is CCOC(=O)CC(CC)(c1ccc(Br)cc1)N(C)C. The van der Waals surface area contributed by atoms with Gasteiger partial charge in [0.25, 0.3) is 0 Å². The highest BCUT2D eigenvalue weighted by Crippen LogP contribution is 2.34. The summed E-state index contributed by atoms with van der Waals surface area (Å²) in [6.07, 6.45) is 1.21. The Labute approximate surface area is 124 Å². The second-order valence-electron chi connectivity index (χ2n) is 4.77. The van der Waals surface area contributed by atoms with E-state index in [1.807, 2.05) is 33.2 Å². The summed E-state index contributed by atoms with van der Waals surface area (Å²) in [6, 6.07) is 8.14. The van der Waals surface area contributed by atoms with Crippen LogP contribution >= 0.6 is 15.9 Å². The maximum Gasteiger partial charge on any atom is 0.308 e. The highest BCUT2D eigenvalue weighted by Gasteiger charge is 2.35. The van der Waals surface area contributed by atoms with Gasteiger partial charge in [-0.1, -0.05) is 35.0 Å². The highest BCUT2D eigenvalue weighted by atomic mass is 79.9. The molecule has 0 saturated heterocycles. The van der Waals surface area contributed by atoms with Gasteiger partial charge < -0.3 is 4.74 Å². The fourth-order valence-electron chi connectivity index (χ4n) is 2.37. The first kappa shape index (κ1) is 16.2. The van der Waals surface area contributed by atoms with Crippen LogP contribution in [0.1, 0.15) is 32.3 Å². The molecule has 1 aromatic carbocycles. The number of esters is 1. The molecule has 0 fully saturated rings. The number of hydrogen-bond donors (Lipinski definition) is 0. The van der Waals surface area contributed by atoms with Crippen LogP contribution in [0, 0.1) is 0 Å². The molecule has 19 heavy (non-hydrogen) atoms. The van der Waals surface area contributed by atoms with Crippen molar-refractivity contribution >= 4 is 21.9 Å². The molecule has 0 radical (unpaired) electrons. The number of benzene rings is 1. The smallest absolute Gasteiger partial charge is 0.308 e. The number of hydrogen-bond acceptors (Lipinski definition) is 3. The van der Waals surface area contributed by atoms with E-state index in [0.717, 1.165) is 16.5 Å². The first-order chi connectivity index (χ1) is 8.96. The topological polar surface area (TPSA) is 29.5 Å². The molecule has 1 atom stereocenters. The van der Waals surface area contributed by atoms with Crippen molar-refractivity contribution in [3.05, 3.63) is 34.3 Å². The van der Waals surface area contributed by atoms with Gasteiger partial charge in [0, 0.05) is 4.47 Å². The van der Waals surface area contributed by atoms with Crippen LogP contribution in [0.3, 0.4) is 0 Å². The summed E-state index contributed by atoms with van der Waals surface area (Å²) in [7, 11) is 4.01. The third kappa shape index (κ3) is 3.80. The fraction of sp³-hybridized carbons (Fsp3) is 0.533. The summed E-state index contributed by atoms with van der Waals surface area (Å²) in [5.74, 6) is -0.152. The number of rotatable bonds is 6. The van der Waals surface area contributed by atoms with Gasteiger partial charge in [0.15, 0.2) is 0 Å². The molecular formula is C15H22BrNO2. The second kappa shape index (κ2) is 7.06. The molecule has 4 heteroatoms. The normalized spacial score (nSPS) is 14.2. The lowest BCUT2D eigenvalue weighted by Crippen LogP contribution is -2.43. The molecule has 0 aliphatic heterocycles. The summed E-state index contributed by atoms with van der Waals surface area (Å²) in [5.41, 5.74) is 0.823. The van der Waals surface area contributed by atoms with Gasteiger partial charge in [-0.15, -0.1) is 0 Å². The average Bonchev–Trinajstić information content (AvgIpc) is 2.37.